The molecule has 0 spiro atoms. The Balaban J connectivity index is 1.37. The first-order chi connectivity index (χ1) is 15.6. The highest BCUT2D eigenvalue weighted by Gasteiger charge is 2.36. The number of carbonyl (C=O) groups excluding carboxylic acids is 3. The highest BCUT2D eigenvalue weighted by molar-refractivity contribution is 6.06. The number of fused-ring (bicyclic) bond motifs is 3. The third-order valence-electron chi connectivity index (χ3n) is 5.47. The summed E-state index contributed by atoms with van der Waals surface area (Å²) < 4.78 is 40.5. The molecule has 11 heteroatoms. The molecule has 0 saturated carbocycles. The van der Waals surface area contributed by atoms with E-state index in [0.717, 1.165) is 37.2 Å². The van der Waals surface area contributed by atoms with Gasteiger partial charge in [-0.15, -0.1) is 13.2 Å². The predicted octanol–water partition coefficient (Wildman–Crippen LogP) is 3.22. The van der Waals surface area contributed by atoms with Gasteiger partial charge in [-0.25, -0.2) is 0 Å². The van der Waals surface area contributed by atoms with E-state index in [0.29, 0.717) is 11.3 Å². The van der Waals surface area contributed by atoms with Crippen molar-refractivity contribution in [3.63, 3.8) is 0 Å². The molecule has 2 aromatic rings. The van der Waals surface area contributed by atoms with Crippen molar-refractivity contribution >= 4 is 34.8 Å². The number of nitrogens with one attached hydrogen (secondary N) is 2. The molecule has 2 heterocycles. The van der Waals surface area contributed by atoms with Gasteiger partial charge >= 0.3 is 6.36 Å². The zero-order chi connectivity index (χ0) is 23.8. The molecule has 2 aromatic carbocycles. The van der Waals surface area contributed by atoms with E-state index in [4.69, 9.17) is 0 Å². The lowest BCUT2D eigenvalue weighted by Crippen LogP contribution is -2.44. The first-order valence-corrected chi connectivity index (χ1v) is 10.2. The Hall–Kier alpha value is -3.76. The van der Waals surface area contributed by atoms with Crippen molar-refractivity contribution in [2.45, 2.75) is 25.2 Å². The number of nitrogens with zero attached hydrogens (tertiary/aromatic N) is 2. The molecule has 0 bridgehead atoms. The Kier molecular flexibility index (Phi) is 5.88. The molecule has 4 rings (SSSR count). The van der Waals surface area contributed by atoms with Crippen molar-refractivity contribution in [2.75, 3.05) is 35.7 Å². The van der Waals surface area contributed by atoms with Crippen molar-refractivity contribution in [3.8, 4) is 5.75 Å². The predicted molar refractivity (Wildman–Crippen MR) is 114 cm³/mol. The van der Waals surface area contributed by atoms with Gasteiger partial charge < -0.3 is 25.2 Å². The fourth-order valence-electron chi connectivity index (χ4n) is 4.01. The van der Waals surface area contributed by atoms with Gasteiger partial charge in [-0.05, 0) is 55.3 Å². The van der Waals surface area contributed by atoms with E-state index >= 15 is 0 Å². The molecule has 0 aromatic heterocycles. The fourth-order valence-corrected chi connectivity index (χ4v) is 4.01. The monoisotopic (exact) mass is 462 g/mol. The van der Waals surface area contributed by atoms with Crippen molar-refractivity contribution in [3.05, 3.63) is 48.0 Å². The summed E-state index contributed by atoms with van der Waals surface area (Å²) >= 11 is 0. The van der Waals surface area contributed by atoms with Crippen LogP contribution >= 0.6 is 0 Å². The number of amides is 3. The van der Waals surface area contributed by atoms with Gasteiger partial charge in [0, 0.05) is 24.8 Å². The molecule has 3 amide bonds. The number of hydrogen-bond acceptors (Lipinski definition) is 5. The first-order valence-electron chi connectivity index (χ1n) is 10.2. The molecule has 33 heavy (non-hydrogen) atoms. The minimum absolute atomic E-state index is 0.0935. The molecule has 2 N–H and O–H groups in total. The van der Waals surface area contributed by atoms with E-state index in [9.17, 15) is 27.6 Å². The number of anilines is 3. The lowest BCUT2D eigenvalue weighted by molar-refractivity contribution is -0.274. The van der Waals surface area contributed by atoms with Crippen LogP contribution in [0.5, 0.6) is 5.75 Å². The Bertz CT molecular complexity index is 1090. The van der Waals surface area contributed by atoms with Crippen molar-refractivity contribution in [1.29, 1.82) is 0 Å². The topological polar surface area (TPSA) is 91.0 Å². The van der Waals surface area contributed by atoms with Gasteiger partial charge in [-0.1, -0.05) is 0 Å². The van der Waals surface area contributed by atoms with E-state index in [1.165, 1.54) is 24.1 Å². The van der Waals surface area contributed by atoms with Gasteiger partial charge in [0.15, 0.2) is 0 Å². The van der Waals surface area contributed by atoms with Gasteiger partial charge in [0.25, 0.3) is 5.91 Å². The summed E-state index contributed by atoms with van der Waals surface area (Å²) in [4.78, 5) is 40.6. The summed E-state index contributed by atoms with van der Waals surface area (Å²) in [7, 11) is 1.46. The average molecular weight is 462 g/mol. The summed E-state index contributed by atoms with van der Waals surface area (Å²) in [5.41, 5.74) is 2.00. The molecule has 174 valence electrons. The quantitative estimate of drug-likeness (QED) is 0.712. The average Bonchev–Trinajstić information content (AvgIpc) is 3.24. The number of benzene rings is 2. The van der Waals surface area contributed by atoms with Gasteiger partial charge in [0.05, 0.1) is 17.9 Å². The van der Waals surface area contributed by atoms with Gasteiger partial charge in [-0.3, -0.25) is 14.4 Å². The van der Waals surface area contributed by atoms with E-state index < -0.39 is 23.9 Å². The van der Waals surface area contributed by atoms with E-state index in [1.807, 2.05) is 4.90 Å². The lowest BCUT2D eigenvalue weighted by Gasteiger charge is -2.33. The molecule has 1 fully saturated rings. The van der Waals surface area contributed by atoms with Crippen LogP contribution in [0, 0.1) is 0 Å². The van der Waals surface area contributed by atoms with Gasteiger partial charge in [0.1, 0.15) is 11.8 Å². The molecular weight excluding hydrogens is 441 g/mol. The summed E-state index contributed by atoms with van der Waals surface area (Å²) in [6.45, 7) is 0.499. The second-order valence-electron chi connectivity index (χ2n) is 7.85. The normalized spacial score (nSPS) is 17.0. The zero-order valence-electron chi connectivity index (χ0n) is 17.6. The van der Waals surface area contributed by atoms with Crippen LogP contribution in [0.1, 0.15) is 23.2 Å². The molecule has 8 nitrogen and oxygen atoms in total. The maximum atomic E-state index is 12.8. The second-order valence-corrected chi connectivity index (χ2v) is 7.85. The molecule has 0 unspecified atom stereocenters. The summed E-state index contributed by atoms with van der Waals surface area (Å²) in [6.07, 6.45) is -3.08. The number of carbonyl (C=O) groups is 3. The van der Waals surface area contributed by atoms with Crippen LogP contribution in [0.3, 0.4) is 0 Å². The fraction of sp³-hybridized carbons (Fsp3) is 0.318. The van der Waals surface area contributed by atoms with Gasteiger partial charge in [-0.2, -0.15) is 0 Å². The Morgan fingerprint density at radius 2 is 1.94 bits per heavy atom. The van der Waals surface area contributed by atoms with Crippen LogP contribution in [0.25, 0.3) is 0 Å². The van der Waals surface area contributed by atoms with Crippen LogP contribution in [-0.2, 0) is 9.59 Å². The Morgan fingerprint density at radius 1 is 1.21 bits per heavy atom. The summed E-state index contributed by atoms with van der Waals surface area (Å²) in [5.74, 6) is -1.45. The minimum atomic E-state index is -4.80. The smallest absolute Gasteiger partial charge is 0.406 e. The SMILES string of the molecule is CN(CC(=O)Nc1ccc(OC(F)(F)F)cc1)C(=O)c1ccc2c(c1)NC(=O)[C@@H]1CCCN21. The molecule has 0 aliphatic carbocycles. The molecule has 1 saturated heterocycles. The minimum Gasteiger partial charge on any atom is -0.406 e. The zero-order valence-corrected chi connectivity index (χ0v) is 17.6. The van der Waals surface area contributed by atoms with Crippen molar-refractivity contribution in [2.24, 2.45) is 0 Å². The van der Waals surface area contributed by atoms with Crippen LogP contribution in [-0.4, -0.2) is 55.2 Å². The molecule has 1 atom stereocenters. The summed E-state index contributed by atoms with van der Waals surface area (Å²) in [5, 5.41) is 5.36. The number of ether oxygens (including phenoxy) is 1. The lowest BCUT2D eigenvalue weighted by atomic mass is 10.1. The Labute approximate surface area is 187 Å². The largest absolute Gasteiger partial charge is 0.573 e. The van der Waals surface area contributed by atoms with Gasteiger partial charge in [0.2, 0.25) is 11.8 Å². The van der Waals surface area contributed by atoms with E-state index in [2.05, 4.69) is 15.4 Å². The van der Waals surface area contributed by atoms with E-state index in [-0.39, 0.29) is 24.2 Å². The highest BCUT2D eigenvalue weighted by Crippen LogP contribution is 2.37. The maximum absolute atomic E-state index is 12.8. The van der Waals surface area contributed by atoms with Crippen molar-refractivity contribution < 1.29 is 32.3 Å². The van der Waals surface area contributed by atoms with Crippen LogP contribution in [0.15, 0.2) is 42.5 Å². The maximum Gasteiger partial charge on any atom is 0.573 e. The Morgan fingerprint density at radius 3 is 2.64 bits per heavy atom. The molecule has 2 aliphatic rings. The van der Waals surface area contributed by atoms with Crippen LogP contribution < -0.4 is 20.3 Å². The second kappa shape index (κ2) is 8.64. The van der Waals surface area contributed by atoms with Crippen LogP contribution in [0.4, 0.5) is 30.2 Å². The van der Waals surface area contributed by atoms with Crippen molar-refractivity contribution in [1.82, 2.24) is 4.90 Å². The number of rotatable bonds is 5. The molecule has 2 aliphatic heterocycles. The third-order valence-corrected chi connectivity index (χ3v) is 5.47. The third kappa shape index (κ3) is 5.02. The standard InChI is InChI=1S/C22H21F3N4O4/c1-28(12-19(30)26-14-5-7-15(8-6-14)33-22(23,24)25)21(32)13-4-9-17-16(11-13)27-20(31)18-3-2-10-29(17)18/h4-9,11,18H,2-3,10,12H2,1H3,(H,26,30)(H,27,31)/t18-/m0/s1. The first kappa shape index (κ1) is 22.4. The highest BCUT2D eigenvalue weighted by atomic mass is 19.4. The summed E-state index contributed by atoms with van der Waals surface area (Å²) in [6, 6.07) is 9.53. The van der Waals surface area contributed by atoms with Crippen LogP contribution in [0.2, 0.25) is 0 Å². The number of likely N-dealkylation sites (N-methyl/N-ethyl adjacent to an activating group) is 1. The number of halogens is 3. The molecule has 0 radical (unpaired) electrons. The van der Waals surface area contributed by atoms with E-state index in [1.54, 1.807) is 18.2 Å². The number of alkyl halides is 3. The molecular formula is C22H21F3N4O4. The number of hydrogen-bond donors (Lipinski definition) is 2.